The third kappa shape index (κ3) is 10.3. The van der Waals surface area contributed by atoms with Gasteiger partial charge in [0.15, 0.2) is 0 Å². The molecule has 5 atom stereocenters. The molecule has 0 radical (unpaired) electrons. The van der Waals surface area contributed by atoms with Crippen molar-refractivity contribution in [3.63, 3.8) is 0 Å². The highest BCUT2D eigenvalue weighted by Gasteiger charge is 2.32. The van der Waals surface area contributed by atoms with Crippen molar-refractivity contribution >= 4 is 23.7 Å². The Balaban J connectivity index is 2.08. The summed E-state index contributed by atoms with van der Waals surface area (Å²) in [4.78, 5) is 57.1. The highest BCUT2D eigenvalue weighted by molar-refractivity contribution is 5.94. The zero-order valence-electron chi connectivity index (χ0n) is 21.7. The van der Waals surface area contributed by atoms with Gasteiger partial charge in [0.25, 0.3) is 0 Å². The molecule has 5 unspecified atom stereocenters. The van der Waals surface area contributed by atoms with Gasteiger partial charge in [-0.15, -0.1) is 0 Å². The van der Waals surface area contributed by atoms with Gasteiger partial charge in [-0.3, -0.25) is 14.4 Å². The van der Waals surface area contributed by atoms with E-state index in [9.17, 15) is 34.5 Å². The van der Waals surface area contributed by atoms with Gasteiger partial charge in [-0.1, -0.05) is 12.1 Å². The molecule has 3 amide bonds. The molecule has 14 heteroatoms. The normalized spacial score (nSPS) is 14.9. The summed E-state index contributed by atoms with van der Waals surface area (Å²) < 4.78 is 0. The fourth-order valence-electron chi connectivity index (χ4n) is 3.76. The van der Waals surface area contributed by atoms with Crippen LogP contribution in [0.4, 0.5) is 0 Å². The topological polar surface area (TPSA) is 246 Å². The van der Waals surface area contributed by atoms with Crippen LogP contribution in [0.2, 0.25) is 0 Å². The van der Waals surface area contributed by atoms with Gasteiger partial charge >= 0.3 is 5.97 Å². The summed E-state index contributed by atoms with van der Waals surface area (Å²) in [5, 5.41) is 36.5. The number of nitrogens with zero attached hydrogens (tertiary/aromatic N) is 1. The average molecular weight is 548 g/mol. The monoisotopic (exact) mass is 547 g/mol. The molecule has 1 heterocycles. The minimum absolute atomic E-state index is 0.0705. The second-order valence-electron chi connectivity index (χ2n) is 9.23. The lowest BCUT2D eigenvalue weighted by molar-refractivity contribution is -0.143. The highest BCUT2D eigenvalue weighted by Crippen LogP contribution is 2.11. The van der Waals surface area contributed by atoms with Crippen molar-refractivity contribution in [1.82, 2.24) is 25.9 Å². The van der Waals surface area contributed by atoms with Crippen LogP contribution in [0.5, 0.6) is 5.75 Å². The van der Waals surface area contributed by atoms with E-state index in [-0.39, 0.29) is 25.0 Å². The van der Waals surface area contributed by atoms with Gasteiger partial charge in [-0.2, -0.15) is 0 Å². The highest BCUT2D eigenvalue weighted by atomic mass is 16.4. The van der Waals surface area contributed by atoms with E-state index in [0.29, 0.717) is 30.6 Å². The number of benzene rings is 1. The molecule has 2 rings (SSSR count). The van der Waals surface area contributed by atoms with Crippen LogP contribution in [-0.4, -0.2) is 85.8 Å². The van der Waals surface area contributed by atoms with Gasteiger partial charge in [0.05, 0.1) is 18.5 Å². The minimum atomic E-state index is -1.50. The van der Waals surface area contributed by atoms with Crippen molar-refractivity contribution in [1.29, 1.82) is 0 Å². The Bertz CT molecular complexity index is 1080. The number of rotatable bonds is 16. The molecule has 0 aliphatic carbocycles. The Morgan fingerprint density at radius 3 is 2.21 bits per heavy atom. The van der Waals surface area contributed by atoms with Crippen molar-refractivity contribution < 1.29 is 34.5 Å². The van der Waals surface area contributed by atoms with Crippen LogP contribution in [-0.2, 0) is 32.0 Å². The van der Waals surface area contributed by atoms with Crippen LogP contribution in [0, 0.1) is 0 Å². The Kier molecular flexibility index (Phi) is 12.3. The molecule has 14 nitrogen and oxygen atoms in total. The van der Waals surface area contributed by atoms with Gasteiger partial charge in [0.2, 0.25) is 17.7 Å². The number of phenols is 1. The largest absolute Gasteiger partial charge is 0.508 e. The predicted molar refractivity (Wildman–Crippen MR) is 140 cm³/mol. The van der Waals surface area contributed by atoms with E-state index in [1.807, 2.05) is 0 Å². The molecule has 0 aliphatic heterocycles. The molecule has 0 aliphatic rings. The van der Waals surface area contributed by atoms with E-state index in [1.165, 1.54) is 31.6 Å². The van der Waals surface area contributed by atoms with Crippen LogP contribution >= 0.6 is 0 Å². The number of nitrogens with two attached hydrogens (primary N) is 2. The first kappa shape index (κ1) is 31.2. The Morgan fingerprint density at radius 2 is 1.64 bits per heavy atom. The molecule has 2 aromatic rings. The predicted octanol–water partition coefficient (Wildman–Crippen LogP) is -1.72. The molecule has 39 heavy (non-hydrogen) atoms. The molecule has 1 aromatic heterocycles. The van der Waals surface area contributed by atoms with E-state index in [0.717, 1.165) is 0 Å². The minimum Gasteiger partial charge on any atom is -0.508 e. The fraction of sp³-hybridized carbons (Fsp3) is 0.480. The van der Waals surface area contributed by atoms with Crippen LogP contribution < -0.4 is 27.4 Å². The smallest absolute Gasteiger partial charge is 0.326 e. The number of nitrogens with one attached hydrogen (secondary N) is 4. The number of aliphatic carboxylic acids is 1. The average Bonchev–Trinajstić information content (AvgIpc) is 3.40. The summed E-state index contributed by atoms with van der Waals surface area (Å²) in [6.07, 6.45) is 2.70. The molecule has 214 valence electrons. The van der Waals surface area contributed by atoms with Gasteiger partial charge in [0, 0.05) is 18.3 Å². The van der Waals surface area contributed by atoms with Gasteiger partial charge < -0.3 is 47.7 Å². The van der Waals surface area contributed by atoms with Crippen molar-refractivity contribution in [3.05, 3.63) is 48.0 Å². The second-order valence-corrected chi connectivity index (χ2v) is 9.23. The molecule has 0 spiro atoms. The number of aromatic amines is 1. The summed E-state index contributed by atoms with van der Waals surface area (Å²) >= 11 is 0. The Hall–Kier alpha value is -4.01. The van der Waals surface area contributed by atoms with E-state index >= 15 is 0 Å². The maximum absolute atomic E-state index is 13.1. The number of unbranched alkanes of at least 4 members (excludes halogenated alkanes) is 1. The number of H-pyrrole nitrogens is 1. The second kappa shape index (κ2) is 15.4. The maximum atomic E-state index is 13.1. The number of hydrogen-bond donors (Lipinski definition) is 9. The number of aromatic hydroxyl groups is 1. The molecular formula is C25H37N7O7. The first-order valence-electron chi connectivity index (χ1n) is 12.5. The number of imidazole rings is 1. The number of carbonyl (C=O) groups excluding carboxylic acids is 3. The van der Waals surface area contributed by atoms with E-state index in [1.54, 1.807) is 12.1 Å². The summed E-state index contributed by atoms with van der Waals surface area (Å²) in [7, 11) is 0. The first-order chi connectivity index (χ1) is 18.5. The van der Waals surface area contributed by atoms with Gasteiger partial charge in [0.1, 0.15) is 23.9 Å². The van der Waals surface area contributed by atoms with Crippen molar-refractivity contribution in [3.8, 4) is 5.75 Å². The third-order valence-corrected chi connectivity index (χ3v) is 5.96. The lowest BCUT2D eigenvalue weighted by Gasteiger charge is -2.26. The SMILES string of the molecule is CC(O)C(NC(=O)C(CCCCN)NC(=O)C(N)Cc1ccc(O)cc1)C(=O)NC(Cc1cnc[nH]1)C(=O)O. The third-order valence-electron chi connectivity index (χ3n) is 5.96. The van der Waals surface area contributed by atoms with Crippen molar-refractivity contribution in [2.45, 2.75) is 69.3 Å². The molecule has 0 fully saturated rings. The van der Waals surface area contributed by atoms with Crippen LogP contribution in [0.1, 0.15) is 37.4 Å². The van der Waals surface area contributed by atoms with Crippen LogP contribution in [0.25, 0.3) is 0 Å². The summed E-state index contributed by atoms with van der Waals surface area (Å²) in [5.41, 5.74) is 12.8. The van der Waals surface area contributed by atoms with Crippen LogP contribution in [0.15, 0.2) is 36.8 Å². The number of amides is 3. The van der Waals surface area contributed by atoms with Crippen molar-refractivity contribution in [2.24, 2.45) is 11.5 Å². The van der Waals surface area contributed by atoms with E-state index in [4.69, 9.17) is 11.5 Å². The molecule has 0 saturated carbocycles. The van der Waals surface area contributed by atoms with Gasteiger partial charge in [-0.25, -0.2) is 9.78 Å². The number of carboxylic acids is 1. The number of aliphatic hydroxyl groups is 1. The number of carboxylic acid groups (broad SMARTS) is 1. The number of aromatic nitrogens is 2. The standard InChI is InChI=1S/C25H37N7O7/c1-14(33)21(24(37)31-20(25(38)39)11-16-12-28-13-29-16)32-23(36)19(4-2-3-9-26)30-22(35)18(27)10-15-5-7-17(34)8-6-15/h5-8,12-14,18-21,33-34H,2-4,9-11,26-27H2,1H3,(H,28,29)(H,30,35)(H,31,37)(H,32,36)(H,38,39). The number of carbonyl (C=O) groups is 4. The summed E-state index contributed by atoms with van der Waals surface area (Å²) in [6, 6.07) is 1.23. The Morgan fingerprint density at radius 1 is 0.974 bits per heavy atom. The van der Waals surface area contributed by atoms with E-state index in [2.05, 4.69) is 25.9 Å². The molecule has 1 aromatic carbocycles. The Labute approximate surface area is 225 Å². The molecule has 0 bridgehead atoms. The summed E-state index contributed by atoms with van der Waals surface area (Å²) in [6.45, 7) is 1.64. The summed E-state index contributed by atoms with van der Waals surface area (Å²) in [5.74, 6) is -3.52. The number of hydrogen-bond acceptors (Lipinski definition) is 9. The lowest BCUT2D eigenvalue weighted by atomic mass is 10.0. The lowest BCUT2D eigenvalue weighted by Crippen LogP contribution is -2.60. The first-order valence-corrected chi connectivity index (χ1v) is 12.5. The fourth-order valence-corrected chi connectivity index (χ4v) is 3.76. The quantitative estimate of drug-likeness (QED) is 0.108. The van der Waals surface area contributed by atoms with E-state index < -0.39 is 54.0 Å². The van der Waals surface area contributed by atoms with Crippen LogP contribution in [0.3, 0.4) is 0 Å². The zero-order chi connectivity index (χ0) is 28.9. The maximum Gasteiger partial charge on any atom is 0.326 e. The number of aliphatic hydroxyl groups excluding tert-OH is 1. The molecule has 11 N–H and O–H groups in total. The molecular weight excluding hydrogens is 510 g/mol. The zero-order valence-corrected chi connectivity index (χ0v) is 21.7. The number of phenolic OH excluding ortho intramolecular Hbond substituents is 1. The molecule has 0 saturated heterocycles. The van der Waals surface area contributed by atoms with Crippen molar-refractivity contribution in [2.75, 3.05) is 6.54 Å². The van der Waals surface area contributed by atoms with Gasteiger partial charge in [-0.05, 0) is 56.8 Å².